The number of ketones is 1. The lowest BCUT2D eigenvalue weighted by atomic mass is 9.94. The number of para-hydroxylation sites is 1. The minimum Gasteiger partial charge on any atom is -0.507 e. The maximum atomic E-state index is 13.0. The Morgan fingerprint density at radius 2 is 1.80 bits per heavy atom. The number of Topliss-reactive ketones (excluding diaryl/α,β-unsaturated/α-hetero) is 1. The van der Waals surface area contributed by atoms with Crippen molar-refractivity contribution in [1.82, 2.24) is 4.90 Å². The van der Waals surface area contributed by atoms with Gasteiger partial charge in [-0.05, 0) is 32.0 Å². The summed E-state index contributed by atoms with van der Waals surface area (Å²) in [4.78, 5) is 27.3. The third kappa shape index (κ3) is 4.42. The molecule has 6 nitrogen and oxygen atoms in total. The van der Waals surface area contributed by atoms with Gasteiger partial charge < -0.3 is 19.5 Å². The zero-order valence-electron chi connectivity index (χ0n) is 17.1. The molecule has 1 aliphatic heterocycles. The number of likely N-dealkylation sites (tertiary alicyclic amines) is 1. The van der Waals surface area contributed by atoms with E-state index in [1.54, 1.807) is 30.3 Å². The fraction of sp³-hybridized carbons (Fsp3) is 0.304. The molecule has 1 saturated heterocycles. The van der Waals surface area contributed by atoms with E-state index in [0.717, 1.165) is 4.47 Å². The van der Waals surface area contributed by atoms with Crippen LogP contribution in [0.25, 0.3) is 5.76 Å². The summed E-state index contributed by atoms with van der Waals surface area (Å²) < 4.78 is 11.9. The molecule has 1 atom stereocenters. The standard InChI is InChI=1S/C23H24BrNO5/c1-14(2)30-18-7-5-4-6-17(18)20-19(21(26)15-8-10-16(24)11-9-15)22(27)23(28)25(20)12-13-29-3/h4-11,14,20,26H,12-13H2,1-3H3/b21-19-. The second-order valence-electron chi connectivity index (χ2n) is 7.20. The number of aliphatic hydroxyl groups excluding tert-OH is 1. The number of carbonyl (C=O) groups excluding carboxylic acids is 2. The van der Waals surface area contributed by atoms with Gasteiger partial charge >= 0.3 is 0 Å². The van der Waals surface area contributed by atoms with Crippen LogP contribution in [0.2, 0.25) is 0 Å². The van der Waals surface area contributed by atoms with Crippen LogP contribution in [0.3, 0.4) is 0 Å². The lowest BCUT2D eigenvalue weighted by Gasteiger charge is -2.27. The molecule has 1 heterocycles. The van der Waals surface area contributed by atoms with Crippen molar-refractivity contribution in [3.63, 3.8) is 0 Å². The first-order chi connectivity index (χ1) is 14.3. The Hall–Kier alpha value is -2.64. The van der Waals surface area contributed by atoms with Crippen LogP contribution >= 0.6 is 15.9 Å². The average Bonchev–Trinajstić information content (AvgIpc) is 2.97. The van der Waals surface area contributed by atoms with Crippen molar-refractivity contribution in [2.45, 2.75) is 26.0 Å². The van der Waals surface area contributed by atoms with E-state index in [1.165, 1.54) is 12.0 Å². The summed E-state index contributed by atoms with van der Waals surface area (Å²) in [5, 5.41) is 11.0. The summed E-state index contributed by atoms with van der Waals surface area (Å²) in [5.41, 5.74) is 1.13. The quantitative estimate of drug-likeness (QED) is 0.368. The van der Waals surface area contributed by atoms with Crippen molar-refractivity contribution in [2.75, 3.05) is 20.3 Å². The number of benzene rings is 2. The highest BCUT2D eigenvalue weighted by molar-refractivity contribution is 9.10. The maximum Gasteiger partial charge on any atom is 0.295 e. The van der Waals surface area contributed by atoms with Gasteiger partial charge in [-0.25, -0.2) is 0 Å². The Balaban J connectivity index is 2.19. The normalized spacial score (nSPS) is 18.3. The highest BCUT2D eigenvalue weighted by Crippen LogP contribution is 2.42. The van der Waals surface area contributed by atoms with Gasteiger partial charge in [0.15, 0.2) is 0 Å². The van der Waals surface area contributed by atoms with Crippen molar-refractivity contribution < 1.29 is 24.2 Å². The molecule has 0 saturated carbocycles. The van der Waals surface area contributed by atoms with Crippen molar-refractivity contribution >= 4 is 33.4 Å². The molecule has 1 fully saturated rings. The number of methoxy groups -OCH3 is 1. The summed E-state index contributed by atoms with van der Waals surface area (Å²) in [6.45, 7) is 4.27. The van der Waals surface area contributed by atoms with Gasteiger partial charge in [-0.1, -0.05) is 46.3 Å². The number of carbonyl (C=O) groups is 2. The minimum atomic E-state index is -0.779. The summed E-state index contributed by atoms with van der Waals surface area (Å²) in [6.07, 6.45) is -0.0983. The number of halogens is 1. The van der Waals surface area contributed by atoms with Crippen LogP contribution in [-0.2, 0) is 14.3 Å². The lowest BCUT2D eigenvalue weighted by molar-refractivity contribution is -0.140. The maximum absolute atomic E-state index is 13.0. The van der Waals surface area contributed by atoms with Gasteiger partial charge in [0.2, 0.25) is 0 Å². The van der Waals surface area contributed by atoms with E-state index in [2.05, 4.69) is 15.9 Å². The van der Waals surface area contributed by atoms with Gasteiger partial charge in [0.1, 0.15) is 11.5 Å². The fourth-order valence-corrected chi connectivity index (χ4v) is 3.72. The number of ether oxygens (including phenoxy) is 2. The largest absolute Gasteiger partial charge is 0.507 e. The van der Waals surface area contributed by atoms with Crippen molar-refractivity contribution in [3.05, 3.63) is 69.7 Å². The third-order valence-corrected chi connectivity index (χ3v) is 5.30. The van der Waals surface area contributed by atoms with Crippen LogP contribution in [0.15, 0.2) is 58.6 Å². The molecule has 0 radical (unpaired) electrons. The number of nitrogens with zero attached hydrogens (tertiary/aromatic N) is 1. The van der Waals surface area contributed by atoms with Gasteiger partial charge in [-0.2, -0.15) is 0 Å². The first-order valence-corrected chi connectivity index (χ1v) is 10.4. The molecule has 1 amide bonds. The molecule has 1 unspecified atom stereocenters. The van der Waals surface area contributed by atoms with Gasteiger partial charge in [0, 0.05) is 29.3 Å². The van der Waals surface area contributed by atoms with Crippen LogP contribution < -0.4 is 4.74 Å². The minimum absolute atomic E-state index is 0.0400. The molecular weight excluding hydrogens is 450 g/mol. The average molecular weight is 474 g/mol. The Morgan fingerprint density at radius 3 is 2.43 bits per heavy atom. The SMILES string of the molecule is COCCN1C(=O)C(=O)/C(=C(\O)c2ccc(Br)cc2)C1c1ccccc1OC(C)C. The number of aliphatic hydroxyl groups is 1. The van der Waals surface area contributed by atoms with E-state index in [4.69, 9.17) is 9.47 Å². The zero-order chi connectivity index (χ0) is 21.8. The summed E-state index contributed by atoms with van der Waals surface area (Å²) in [5.74, 6) is -1.06. The van der Waals surface area contributed by atoms with Crippen LogP contribution in [0, 0.1) is 0 Å². The topological polar surface area (TPSA) is 76.1 Å². The first-order valence-electron chi connectivity index (χ1n) is 9.64. The summed E-state index contributed by atoms with van der Waals surface area (Å²) >= 11 is 3.36. The molecule has 0 spiro atoms. The molecule has 30 heavy (non-hydrogen) atoms. The number of hydrogen-bond donors (Lipinski definition) is 1. The predicted octanol–water partition coefficient (Wildman–Crippen LogP) is 4.30. The lowest BCUT2D eigenvalue weighted by Crippen LogP contribution is -2.33. The van der Waals surface area contributed by atoms with E-state index < -0.39 is 17.7 Å². The van der Waals surface area contributed by atoms with Crippen LogP contribution in [0.5, 0.6) is 5.75 Å². The zero-order valence-corrected chi connectivity index (χ0v) is 18.7. The second kappa shape index (κ2) is 9.45. The smallest absolute Gasteiger partial charge is 0.295 e. The van der Waals surface area contributed by atoms with E-state index in [9.17, 15) is 14.7 Å². The summed E-state index contributed by atoms with van der Waals surface area (Å²) in [7, 11) is 1.53. The van der Waals surface area contributed by atoms with Crippen LogP contribution in [-0.4, -0.2) is 48.1 Å². The summed E-state index contributed by atoms with van der Waals surface area (Å²) in [6, 6.07) is 13.4. The van der Waals surface area contributed by atoms with Gasteiger partial charge in [-0.3, -0.25) is 9.59 Å². The Bertz CT molecular complexity index is 968. The Kier molecular flexibility index (Phi) is 6.95. The van der Waals surface area contributed by atoms with Crippen LogP contribution in [0.1, 0.15) is 31.0 Å². The van der Waals surface area contributed by atoms with Crippen molar-refractivity contribution in [2.24, 2.45) is 0 Å². The molecule has 1 N–H and O–H groups in total. The number of rotatable bonds is 7. The molecule has 7 heteroatoms. The number of hydrogen-bond acceptors (Lipinski definition) is 5. The molecule has 0 aliphatic carbocycles. The van der Waals surface area contributed by atoms with Gasteiger partial charge in [-0.15, -0.1) is 0 Å². The van der Waals surface area contributed by atoms with Gasteiger partial charge in [0.25, 0.3) is 11.7 Å². The van der Waals surface area contributed by atoms with Gasteiger partial charge in [0.05, 0.1) is 24.3 Å². The highest BCUT2D eigenvalue weighted by Gasteiger charge is 2.46. The fourth-order valence-electron chi connectivity index (χ4n) is 3.45. The predicted molar refractivity (Wildman–Crippen MR) is 117 cm³/mol. The third-order valence-electron chi connectivity index (χ3n) is 4.77. The number of amides is 1. The molecule has 2 aromatic rings. The first kappa shape index (κ1) is 22.1. The molecule has 3 rings (SSSR count). The Labute approximate surface area is 184 Å². The van der Waals surface area contributed by atoms with E-state index in [1.807, 2.05) is 32.0 Å². The van der Waals surface area contributed by atoms with Crippen molar-refractivity contribution in [3.8, 4) is 5.75 Å². The molecule has 0 bridgehead atoms. The van der Waals surface area contributed by atoms with Crippen LogP contribution in [0.4, 0.5) is 0 Å². The molecule has 2 aromatic carbocycles. The molecule has 158 valence electrons. The molecular formula is C23H24BrNO5. The second-order valence-corrected chi connectivity index (χ2v) is 8.11. The Morgan fingerprint density at radius 1 is 1.13 bits per heavy atom. The molecule has 0 aromatic heterocycles. The van der Waals surface area contributed by atoms with Crippen molar-refractivity contribution in [1.29, 1.82) is 0 Å². The monoisotopic (exact) mass is 473 g/mol. The van der Waals surface area contributed by atoms with E-state index in [0.29, 0.717) is 16.9 Å². The van der Waals surface area contributed by atoms with E-state index in [-0.39, 0.29) is 30.6 Å². The van der Waals surface area contributed by atoms with E-state index >= 15 is 0 Å². The highest BCUT2D eigenvalue weighted by atomic mass is 79.9. The molecule has 1 aliphatic rings.